The zero-order valence-electron chi connectivity index (χ0n) is 16.3. The van der Waals surface area contributed by atoms with Crippen LogP contribution in [0.5, 0.6) is 5.75 Å². The quantitative estimate of drug-likeness (QED) is 0.101. The standard InChI is InChI=1S/C18H14N6O8S/c19-11-7-9(1-4-14(11)24(28)29)20-23-17-16(26)6-3-12(18(17)27)21-22-13-8-10(33(30,31)32)2-5-15(13)25/h1-8,20,22,25H,19H2,(H,30,31,32)/b21-12+,23-17-. The number of hydrogen-bond acceptors (Lipinski definition) is 12. The number of nitrogens with one attached hydrogen (secondary N) is 2. The molecule has 0 saturated carbocycles. The van der Waals surface area contributed by atoms with Crippen LogP contribution in [0.2, 0.25) is 0 Å². The Balaban J connectivity index is 1.97. The fourth-order valence-corrected chi connectivity index (χ4v) is 3.04. The molecule has 3 rings (SSSR count). The van der Waals surface area contributed by atoms with E-state index in [9.17, 15) is 33.2 Å². The molecule has 15 heteroatoms. The third kappa shape index (κ3) is 5.17. The summed E-state index contributed by atoms with van der Waals surface area (Å²) in [6.07, 6.45) is 0. The predicted octanol–water partition coefficient (Wildman–Crippen LogP) is -0.419. The van der Waals surface area contributed by atoms with Crippen LogP contribution in [0.4, 0.5) is 22.7 Å². The Hall–Kier alpha value is -4.63. The lowest BCUT2D eigenvalue weighted by molar-refractivity contribution is -0.383. The summed E-state index contributed by atoms with van der Waals surface area (Å²) >= 11 is 0. The van der Waals surface area contributed by atoms with Gasteiger partial charge in [-0.25, -0.2) is 0 Å². The Morgan fingerprint density at radius 3 is 2.36 bits per heavy atom. The molecule has 0 aliphatic heterocycles. The van der Waals surface area contributed by atoms with Crippen LogP contribution in [-0.2, 0) is 10.1 Å². The van der Waals surface area contributed by atoms with Gasteiger partial charge in [0.15, 0.2) is 5.36 Å². The number of nitrogens with two attached hydrogens (primary N) is 1. The van der Waals surface area contributed by atoms with Crippen molar-refractivity contribution in [3.05, 3.63) is 89.8 Å². The van der Waals surface area contributed by atoms with Crippen molar-refractivity contribution in [2.45, 2.75) is 4.90 Å². The molecule has 0 heterocycles. The topological polar surface area (TPSA) is 227 Å². The molecule has 0 aliphatic rings. The van der Waals surface area contributed by atoms with Crippen LogP contribution in [0.3, 0.4) is 0 Å². The Kier molecular flexibility index (Phi) is 6.18. The third-order valence-electron chi connectivity index (χ3n) is 4.16. The van der Waals surface area contributed by atoms with Gasteiger partial charge in [-0.05, 0) is 42.5 Å². The molecule has 0 bridgehead atoms. The zero-order valence-corrected chi connectivity index (χ0v) is 17.1. The molecule has 0 fully saturated rings. The smallest absolute Gasteiger partial charge is 0.294 e. The molecule has 0 saturated heterocycles. The first-order valence-corrected chi connectivity index (χ1v) is 10.2. The molecule has 0 aromatic heterocycles. The Morgan fingerprint density at radius 1 is 1.00 bits per heavy atom. The zero-order chi connectivity index (χ0) is 24.3. The van der Waals surface area contributed by atoms with Gasteiger partial charge in [0.25, 0.3) is 15.8 Å². The van der Waals surface area contributed by atoms with Gasteiger partial charge in [-0.1, -0.05) is 0 Å². The van der Waals surface area contributed by atoms with Gasteiger partial charge < -0.3 is 10.8 Å². The van der Waals surface area contributed by atoms with Crippen molar-refractivity contribution in [1.29, 1.82) is 0 Å². The van der Waals surface area contributed by atoms with Gasteiger partial charge in [-0.15, -0.1) is 0 Å². The summed E-state index contributed by atoms with van der Waals surface area (Å²) in [5, 5.41) is 27.2. The average Bonchev–Trinajstić information content (AvgIpc) is 2.73. The second kappa shape index (κ2) is 8.85. The van der Waals surface area contributed by atoms with Gasteiger partial charge in [0, 0.05) is 6.07 Å². The molecule has 3 aromatic carbocycles. The highest BCUT2D eigenvalue weighted by molar-refractivity contribution is 7.85. The number of nitrogen functional groups attached to an aromatic ring is 1. The molecule has 14 nitrogen and oxygen atoms in total. The summed E-state index contributed by atoms with van der Waals surface area (Å²) in [7, 11) is -4.56. The van der Waals surface area contributed by atoms with Crippen LogP contribution in [0.1, 0.15) is 0 Å². The number of phenols is 1. The normalized spacial score (nSPS) is 12.5. The van der Waals surface area contributed by atoms with Crippen molar-refractivity contribution >= 4 is 32.9 Å². The number of nitro groups is 1. The summed E-state index contributed by atoms with van der Waals surface area (Å²) < 4.78 is 31.6. The first-order chi connectivity index (χ1) is 15.5. The minimum atomic E-state index is -4.56. The second-order valence-electron chi connectivity index (χ2n) is 6.39. The fourth-order valence-electron chi connectivity index (χ4n) is 2.53. The van der Waals surface area contributed by atoms with Gasteiger partial charge in [-0.3, -0.25) is 35.1 Å². The third-order valence-corrected chi connectivity index (χ3v) is 5.01. The molecule has 3 aromatic rings. The molecule has 0 amide bonds. The van der Waals surface area contributed by atoms with Crippen LogP contribution >= 0.6 is 0 Å². The van der Waals surface area contributed by atoms with E-state index in [2.05, 4.69) is 21.1 Å². The summed E-state index contributed by atoms with van der Waals surface area (Å²) in [6.45, 7) is 0. The lowest BCUT2D eigenvalue weighted by Gasteiger charge is -2.05. The van der Waals surface area contributed by atoms with Gasteiger partial charge in [0.2, 0.25) is 10.9 Å². The van der Waals surface area contributed by atoms with Crippen LogP contribution in [0, 0.1) is 10.1 Å². The van der Waals surface area contributed by atoms with E-state index in [0.29, 0.717) is 0 Å². The van der Waals surface area contributed by atoms with Crippen LogP contribution in [-0.4, -0.2) is 23.0 Å². The molecular weight excluding hydrogens is 460 g/mol. The highest BCUT2D eigenvalue weighted by atomic mass is 32.2. The maximum atomic E-state index is 12.6. The first-order valence-electron chi connectivity index (χ1n) is 8.76. The Bertz CT molecular complexity index is 1590. The van der Waals surface area contributed by atoms with Crippen LogP contribution in [0.15, 0.2) is 73.2 Å². The molecule has 0 radical (unpaired) electrons. The van der Waals surface area contributed by atoms with E-state index in [1.165, 1.54) is 12.1 Å². The minimum Gasteiger partial charge on any atom is -0.506 e. The van der Waals surface area contributed by atoms with Gasteiger partial charge >= 0.3 is 0 Å². The predicted molar refractivity (Wildman–Crippen MR) is 115 cm³/mol. The van der Waals surface area contributed by atoms with E-state index in [4.69, 9.17) is 10.3 Å². The van der Waals surface area contributed by atoms with Gasteiger partial charge in [-0.2, -0.15) is 18.6 Å². The number of aromatic hydroxyl groups is 1. The number of anilines is 3. The van der Waals surface area contributed by atoms with Gasteiger partial charge in [0.05, 0.1) is 21.2 Å². The van der Waals surface area contributed by atoms with Crippen molar-refractivity contribution in [3.8, 4) is 5.75 Å². The molecule has 0 unspecified atom stereocenters. The molecule has 170 valence electrons. The van der Waals surface area contributed by atoms with Crippen molar-refractivity contribution in [2.75, 3.05) is 16.6 Å². The van der Waals surface area contributed by atoms with Gasteiger partial charge in [0.1, 0.15) is 16.8 Å². The van der Waals surface area contributed by atoms with E-state index < -0.39 is 41.9 Å². The average molecular weight is 474 g/mol. The van der Waals surface area contributed by atoms with E-state index in [-0.39, 0.29) is 28.1 Å². The number of phenolic OH excluding ortho intramolecular Hbond substituents is 1. The van der Waals surface area contributed by atoms with Crippen molar-refractivity contribution in [2.24, 2.45) is 10.2 Å². The fraction of sp³-hybridized carbons (Fsp3) is 0. The molecule has 33 heavy (non-hydrogen) atoms. The van der Waals surface area contributed by atoms with Crippen molar-refractivity contribution in [3.63, 3.8) is 0 Å². The molecule has 0 aliphatic carbocycles. The summed E-state index contributed by atoms with van der Waals surface area (Å²) in [6, 6.07) is 8.48. The second-order valence-corrected chi connectivity index (χ2v) is 7.81. The number of hydrogen-bond donors (Lipinski definition) is 5. The number of benzene rings is 3. The number of rotatable bonds is 6. The molecular formula is C18H14N6O8S. The van der Waals surface area contributed by atoms with E-state index >= 15 is 0 Å². The molecule has 6 N–H and O–H groups in total. The first kappa shape index (κ1) is 23.0. The van der Waals surface area contributed by atoms with E-state index in [1.54, 1.807) is 0 Å². The van der Waals surface area contributed by atoms with E-state index in [0.717, 1.165) is 36.4 Å². The summed E-state index contributed by atoms with van der Waals surface area (Å²) in [5.74, 6) is -0.429. The minimum absolute atomic E-state index is 0.162. The molecule has 0 atom stereocenters. The Labute approximate surface area is 183 Å². The number of nitrogens with zero attached hydrogens (tertiary/aromatic N) is 3. The lowest BCUT2D eigenvalue weighted by Crippen LogP contribution is -2.47. The SMILES string of the molecule is Nc1cc(N/N=c2/c(=O)cc/c(=N\Nc3cc(S(=O)(=O)O)ccc3O)c2=O)ccc1[N+](=O)[O-]. The lowest BCUT2D eigenvalue weighted by atomic mass is 10.2. The van der Waals surface area contributed by atoms with Crippen LogP contribution in [0.25, 0.3) is 0 Å². The van der Waals surface area contributed by atoms with E-state index in [1.807, 2.05) is 0 Å². The monoisotopic (exact) mass is 474 g/mol. The van der Waals surface area contributed by atoms with Crippen molar-refractivity contribution < 1.29 is 23.0 Å². The largest absolute Gasteiger partial charge is 0.506 e. The van der Waals surface area contributed by atoms with Crippen molar-refractivity contribution in [1.82, 2.24) is 0 Å². The number of nitro benzene ring substituents is 1. The highest BCUT2D eigenvalue weighted by Gasteiger charge is 2.13. The summed E-state index contributed by atoms with van der Waals surface area (Å²) in [5.41, 5.74) is 8.04. The molecule has 0 spiro atoms. The Morgan fingerprint density at radius 2 is 1.73 bits per heavy atom. The maximum Gasteiger partial charge on any atom is 0.294 e. The maximum absolute atomic E-state index is 12.6. The van der Waals surface area contributed by atoms with Crippen LogP contribution < -0.4 is 38.2 Å². The summed E-state index contributed by atoms with van der Waals surface area (Å²) in [4.78, 5) is 34.2. The highest BCUT2D eigenvalue weighted by Crippen LogP contribution is 2.26.